The zero-order valence-corrected chi connectivity index (χ0v) is 10.7. The van der Waals surface area contributed by atoms with Gasteiger partial charge in [0.05, 0.1) is 24.3 Å². The van der Waals surface area contributed by atoms with Gasteiger partial charge in [-0.25, -0.2) is 4.79 Å². The maximum Gasteiger partial charge on any atom is 0.319 e. The van der Waals surface area contributed by atoms with Gasteiger partial charge in [0.15, 0.2) is 0 Å². The van der Waals surface area contributed by atoms with E-state index in [0.29, 0.717) is 24.2 Å². The van der Waals surface area contributed by atoms with Crippen molar-refractivity contribution in [2.45, 2.75) is 12.5 Å². The highest BCUT2D eigenvalue weighted by Gasteiger charge is 2.05. The number of carbonyl (C=O) groups is 1. The van der Waals surface area contributed by atoms with Crippen LogP contribution < -0.4 is 10.6 Å². The SMILES string of the molecule is COCC(O)CCNC(=O)Nc1cccc(C#N)c1. The number of nitriles is 1. The summed E-state index contributed by atoms with van der Waals surface area (Å²) in [6.07, 6.45) is -0.174. The molecular formula is C13H17N3O3. The fourth-order valence-corrected chi connectivity index (χ4v) is 1.47. The minimum atomic E-state index is -0.591. The highest BCUT2D eigenvalue weighted by Crippen LogP contribution is 2.09. The normalized spacial score (nSPS) is 11.4. The molecule has 0 saturated carbocycles. The lowest BCUT2D eigenvalue weighted by Crippen LogP contribution is -2.32. The van der Waals surface area contributed by atoms with Gasteiger partial charge in [0.25, 0.3) is 0 Å². The zero-order valence-electron chi connectivity index (χ0n) is 10.7. The van der Waals surface area contributed by atoms with Crippen molar-refractivity contribution in [2.75, 3.05) is 25.6 Å². The Morgan fingerprint density at radius 2 is 2.37 bits per heavy atom. The van der Waals surface area contributed by atoms with E-state index < -0.39 is 6.10 Å². The van der Waals surface area contributed by atoms with Crippen molar-refractivity contribution in [3.63, 3.8) is 0 Å². The van der Waals surface area contributed by atoms with E-state index in [2.05, 4.69) is 10.6 Å². The minimum Gasteiger partial charge on any atom is -0.391 e. The third-order valence-corrected chi connectivity index (χ3v) is 2.37. The number of nitrogens with zero attached hydrogens (tertiary/aromatic N) is 1. The summed E-state index contributed by atoms with van der Waals surface area (Å²) in [4.78, 5) is 11.5. The number of urea groups is 1. The monoisotopic (exact) mass is 263 g/mol. The Morgan fingerprint density at radius 3 is 3.05 bits per heavy atom. The standard InChI is InChI=1S/C13H17N3O3/c1-19-9-12(17)5-6-15-13(18)16-11-4-2-3-10(7-11)8-14/h2-4,7,12,17H,5-6,9H2,1H3,(H2,15,16,18). The largest absolute Gasteiger partial charge is 0.391 e. The molecule has 1 unspecified atom stereocenters. The molecule has 0 aliphatic carbocycles. The molecule has 1 aromatic rings. The van der Waals surface area contributed by atoms with Crippen molar-refractivity contribution >= 4 is 11.7 Å². The van der Waals surface area contributed by atoms with Crippen LogP contribution in [0.2, 0.25) is 0 Å². The van der Waals surface area contributed by atoms with Gasteiger partial charge in [-0.05, 0) is 24.6 Å². The van der Waals surface area contributed by atoms with E-state index in [1.54, 1.807) is 24.3 Å². The number of ether oxygens (including phenoxy) is 1. The quantitative estimate of drug-likeness (QED) is 0.715. The number of amides is 2. The molecule has 6 heteroatoms. The lowest BCUT2D eigenvalue weighted by Gasteiger charge is -2.11. The lowest BCUT2D eigenvalue weighted by atomic mass is 10.2. The first kappa shape index (κ1) is 15.0. The second-order valence-corrected chi connectivity index (χ2v) is 3.97. The predicted molar refractivity (Wildman–Crippen MR) is 70.7 cm³/mol. The van der Waals surface area contributed by atoms with Crippen molar-refractivity contribution < 1.29 is 14.6 Å². The molecule has 6 nitrogen and oxygen atoms in total. The molecular weight excluding hydrogens is 246 g/mol. The molecule has 1 aromatic carbocycles. The summed E-state index contributed by atoms with van der Waals surface area (Å²) in [6.45, 7) is 0.585. The van der Waals surface area contributed by atoms with Gasteiger partial charge in [-0.1, -0.05) is 6.07 Å². The highest BCUT2D eigenvalue weighted by molar-refractivity contribution is 5.89. The number of aliphatic hydroxyl groups is 1. The Balaban J connectivity index is 2.33. The third kappa shape index (κ3) is 5.86. The molecule has 1 rings (SSSR count). The first-order chi connectivity index (χ1) is 9.15. The van der Waals surface area contributed by atoms with Gasteiger partial charge in [0, 0.05) is 19.3 Å². The van der Waals surface area contributed by atoms with E-state index in [-0.39, 0.29) is 12.6 Å². The maximum absolute atomic E-state index is 11.5. The van der Waals surface area contributed by atoms with Crippen molar-refractivity contribution in [1.82, 2.24) is 5.32 Å². The van der Waals surface area contributed by atoms with Gasteiger partial charge in [0.2, 0.25) is 0 Å². The molecule has 102 valence electrons. The Morgan fingerprint density at radius 1 is 1.58 bits per heavy atom. The Labute approximate surface area is 112 Å². The number of nitrogens with one attached hydrogen (secondary N) is 2. The fourth-order valence-electron chi connectivity index (χ4n) is 1.47. The van der Waals surface area contributed by atoms with Gasteiger partial charge in [-0.3, -0.25) is 0 Å². The highest BCUT2D eigenvalue weighted by atomic mass is 16.5. The van der Waals surface area contributed by atoms with Crippen LogP contribution in [0.4, 0.5) is 10.5 Å². The second-order valence-electron chi connectivity index (χ2n) is 3.97. The maximum atomic E-state index is 11.5. The van der Waals surface area contributed by atoms with Crippen LogP contribution in [0.5, 0.6) is 0 Å². The Kier molecular flexibility index (Phi) is 6.36. The first-order valence-corrected chi connectivity index (χ1v) is 5.87. The number of methoxy groups -OCH3 is 1. The smallest absolute Gasteiger partial charge is 0.319 e. The van der Waals surface area contributed by atoms with E-state index in [4.69, 9.17) is 10.00 Å². The van der Waals surface area contributed by atoms with Crippen LogP contribution in [0.3, 0.4) is 0 Å². The van der Waals surface area contributed by atoms with Gasteiger partial charge in [-0.2, -0.15) is 5.26 Å². The molecule has 0 saturated heterocycles. The molecule has 0 spiro atoms. The Bertz CT molecular complexity index is 457. The number of rotatable bonds is 6. The predicted octanol–water partition coefficient (Wildman–Crippen LogP) is 1.08. The summed E-state index contributed by atoms with van der Waals surface area (Å²) in [5, 5.41) is 23.3. The van der Waals surface area contributed by atoms with Crippen LogP contribution in [0, 0.1) is 11.3 Å². The minimum absolute atomic E-state index is 0.244. The van der Waals surface area contributed by atoms with Crippen LogP contribution in [0.15, 0.2) is 24.3 Å². The summed E-state index contributed by atoms with van der Waals surface area (Å²) >= 11 is 0. The van der Waals surface area contributed by atoms with Gasteiger partial charge >= 0.3 is 6.03 Å². The van der Waals surface area contributed by atoms with Crippen molar-refractivity contribution in [2.24, 2.45) is 0 Å². The van der Waals surface area contributed by atoms with Crippen molar-refractivity contribution in [1.29, 1.82) is 5.26 Å². The number of benzene rings is 1. The molecule has 0 bridgehead atoms. The molecule has 0 aliphatic heterocycles. The van der Waals surface area contributed by atoms with Crippen LogP contribution in [0.25, 0.3) is 0 Å². The summed E-state index contributed by atoms with van der Waals surface area (Å²) < 4.78 is 4.77. The van der Waals surface area contributed by atoms with Gasteiger partial charge in [0.1, 0.15) is 0 Å². The van der Waals surface area contributed by atoms with Gasteiger partial charge < -0.3 is 20.5 Å². The summed E-state index contributed by atoms with van der Waals surface area (Å²) in [5.41, 5.74) is 1.03. The molecule has 1 atom stereocenters. The molecule has 0 aliphatic rings. The van der Waals surface area contributed by atoms with E-state index >= 15 is 0 Å². The van der Waals surface area contributed by atoms with Crippen molar-refractivity contribution in [3.05, 3.63) is 29.8 Å². The Hall–Kier alpha value is -2.10. The lowest BCUT2D eigenvalue weighted by molar-refractivity contribution is 0.0599. The van der Waals surface area contributed by atoms with Gasteiger partial charge in [-0.15, -0.1) is 0 Å². The zero-order chi connectivity index (χ0) is 14.1. The van der Waals surface area contributed by atoms with E-state index in [1.807, 2.05) is 6.07 Å². The average molecular weight is 263 g/mol. The summed E-state index contributed by atoms with van der Waals surface area (Å²) in [7, 11) is 1.51. The topological polar surface area (TPSA) is 94.4 Å². The van der Waals surface area contributed by atoms with Crippen LogP contribution in [0.1, 0.15) is 12.0 Å². The molecule has 0 radical (unpaired) electrons. The number of anilines is 1. The van der Waals surface area contributed by atoms with Crippen molar-refractivity contribution in [3.8, 4) is 6.07 Å². The molecule has 3 N–H and O–H groups in total. The molecule has 0 fully saturated rings. The first-order valence-electron chi connectivity index (χ1n) is 5.87. The van der Waals surface area contributed by atoms with Crippen LogP contribution in [-0.4, -0.2) is 37.5 Å². The van der Waals surface area contributed by atoms with E-state index in [0.717, 1.165) is 0 Å². The van der Waals surface area contributed by atoms with Crippen LogP contribution >= 0.6 is 0 Å². The third-order valence-electron chi connectivity index (χ3n) is 2.37. The molecule has 0 heterocycles. The molecule has 0 aromatic heterocycles. The summed E-state index contributed by atoms with van der Waals surface area (Å²) in [5.74, 6) is 0. The number of hydrogen-bond donors (Lipinski definition) is 3. The summed E-state index contributed by atoms with van der Waals surface area (Å²) in [6, 6.07) is 8.24. The molecule has 2 amide bonds. The fraction of sp³-hybridized carbons (Fsp3) is 0.385. The van der Waals surface area contributed by atoms with Crippen LogP contribution in [-0.2, 0) is 4.74 Å². The number of carbonyl (C=O) groups excluding carboxylic acids is 1. The molecule has 19 heavy (non-hydrogen) atoms. The van der Waals surface area contributed by atoms with E-state index in [9.17, 15) is 9.90 Å². The number of hydrogen-bond acceptors (Lipinski definition) is 4. The average Bonchev–Trinajstić information content (AvgIpc) is 2.39. The second kappa shape index (κ2) is 8.08. The van der Waals surface area contributed by atoms with E-state index in [1.165, 1.54) is 7.11 Å². The number of aliphatic hydroxyl groups excluding tert-OH is 1.